The van der Waals surface area contributed by atoms with Gasteiger partial charge < -0.3 is 10.5 Å². The molecule has 0 aliphatic heterocycles. The Balaban J connectivity index is 1.62. The van der Waals surface area contributed by atoms with Gasteiger partial charge in [0.1, 0.15) is 0 Å². The van der Waals surface area contributed by atoms with Crippen molar-refractivity contribution in [1.82, 2.24) is 0 Å². The van der Waals surface area contributed by atoms with Gasteiger partial charge in [-0.05, 0) is 38.0 Å². The molecule has 0 amide bonds. The molecule has 2 saturated carbocycles. The van der Waals surface area contributed by atoms with E-state index in [-0.39, 0.29) is 0 Å². The third-order valence-electron chi connectivity index (χ3n) is 2.69. The molecule has 2 unspecified atom stereocenters. The lowest BCUT2D eigenvalue weighted by atomic mass is 10.3. The van der Waals surface area contributed by atoms with Crippen LogP contribution in [0.25, 0.3) is 0 Å². The Morgan fingerprint density at radius 1 is 1.18 bits per heavy atom. The summed E-state index contributed by atoms with van der Waals surface area (Å²) >= 11 is 0. The van der Waals surface area contributed by atoms with E-state index >= 15 is 0 Å². The van der Waals surface area contributed by atoms with E-state index in [4.69, 9.17) is 10.5 Å². The normalized spacial score (nSPS) is 37.9. The van der Waals surface area contributed by atoms with E-state index < -0.39 is 0 Å². The van der Waals surface area contributed by atoms with E-state index in [1.807, 2.05) is 0 Å². The Labute approximate surface area is 68.1 Å². The fourth-order valence-electron chi connectivity index (χ4n) is 1.68. The molecule has 2 rings (SSSR count). The molecule has 0 heterocycles. The molecule has 2 aliphatic carbocycles. The third kappa shape index (κ3) is 2.17. The molecule has 64 valence electrons. The van der Waals surface area contributed by atoms with Gasteiger partial charge in [0.2, 0.25) is 0 Å². The quantitative estimate of drug-likeness (QED) is 0.666. The van der Waals surface area contributed by atoms with Gasteiger partial charge in [0.15, 0.2) is 0 Å². The molecule has 2 aliphatic rings. The van der Waals surface area contributed by atoms with Crippen LogP contribution in [-0.4, -0.2) is 18.8 Å². The molecule has 0 spiro atoms. The van der Waals surface area contributed by atoms with Gasteiger partial charge in [-0.3, -0.25) is 0 Å². The smallest absolute Gasteiger partial charge is 0.0590 e. The summed E-state index contributed by atoms with van der Waals surface area (Å²) in [6.45, 7) is 0.997. The number of nitrogens with two attached hydrogens (primary N) is 1. The van der Waals surface area contributed by atoms with Crippen LogP contribution < -0.4 is 5.73 Å². The van der Waals surface area contributed by atoms with E-state index in [9.17, 15) is 0 Å². The maximum absolute atomic E-state index is 5.77. The average molecular weight is 155 g/mol. The molecule has 0 aromatic carbocycles. The molecule has 0 saturated heterocycles. The molecular weight excluding hydrogens is 138 g/mol. The lowest BCUT2D eigenvalue weighted by Gasteiger charge is -2.10. The average Bonchev–Trinajstić information content (AvgIpc) is 2.72. The lowest BCUT2D eigenvalue weighted by molar-refractivity contribution is 0.0502. The highest BCUT2D eigenvalue weighted by molar-refractivity contribution is 4.80. The van der Waals surface area contributed by atoms with E-state index in [2.05, 4.69) is 0 Å². The van der Waals surface area contributed by atoms with Gasteiger partial charge in [0.05, 0.1) is 6.10 Å². The first-order valence-electron chi connectivity index (χ1n) is 4.72. The molecule has 0 radical (unpaired) electrons. The zero-order valence-corrected chi connectivity index (χ0v) is 6.96. The molecule has 2 nitrogen and oxygen atoms in total. The minimum absolute atomic E-state index is 0.416. The van der Waals surface area contributed by atoms with Gasteiger partial charge in [-0.2, -0.15) is 0 Å². The second-order valence-electron chi connectivity index (χ2n) is 3.97. The Morgan fingerprint density at radius 2 is 2.00 bits per heavy atom. The highest BCUT2D eigenvalue weighted by Gasteiger charge is 2.26. The topological polar surface area (TPSA) is 35.2 Å². The van der Waals surface area contributed by atoms with Crippen LogP contribution in [0, 0.1) is 5.92 Å². The largest absolute Gasteiger partial charge is 0.378 e. The van der Waals surface area contributed by atoms with Crippen LogP contribution in [0.5, 0.6) is 0 Å². The molecule has 0 bridgehead atoms. The van der Waals surface area contributed by atoms with Crippen molar-refractivity contribution in [2.75, 3.05) is 6.61 Å². The molecule has 11 heavy (non-hydrogen) atoms. The maximum Gasteiger partial charge on any atom is 0.0590 e. The van der Waals surface area contributed by atoms with Crippen molar-refractivity contribution in [3.8, 4) is 0 Å². The van der Waals surface area contributed by atoms with Gasteiger partial charge in [-0.1, -0.05) is 0 Å². The fourth-order valence-corrected chi connectivity index (χ4v) is 1.68. The second-order valence-corrected chi connectivity index (χ2v) is 3.97. The highest BCUT2D eigenvalue weighted by Crippen LogP contribution is 2.30. The molecule has 0 aromatic heterocycles. The van der Waals surface area contributed by atoms with Gasteiger partial charge in [0.25, 0.3) is 0 Å². The van der Waals surface area contributed by atoms with Crippen molar-refractivity contribution in [2.24, 2.45) is 11.7 Å². The van der Waals surface area contributed by atoms with E-state index in [1.54, 1.807) is 0 Å². The molecule has 2 N–H and O–H groups in total. The van der Waals surface area contributed by atoms with Crippen molar-refractivity contribution in [1.29, 1.82) is 0 Å². The minimum Gasteiger partial charge on any atom is -0.378 e. The van der Waals surface area contributed by atoms with Crippen molar-refractivity contribution in [3.05, 3.63) is 0 Å². The maximum atomic E-state index is 5.77. The molecular formula is C9H17NO. The van der Waals surface area contributed by atoms with Crippen molar-refractivity contribution < 1.29 is 4.74 Å². The SMILES string of the molecule is NC1CCC(OCC2CC2)C1. The lowest BCUT2D eigenvalue weighted by Crippen LogP contribution is -2.18. The van der Waals surface area contributed by atoms with Crippen LogP contribution in [0.1, 0.15) is 32.1 Å². The Kier molecular flexibility index (Phi) is 2.14. The summed E-state index contributed by atoms with van der Waals surface area (Å²) in [7, 11) is 0. The number of hydrogen-bond donors (Lipinski definition) is 1. The molecule has 2 heteroatoms. The van der Waals surface area contributed by atoms with Gasteiger partial charge in [-0.15, -0.1) is 0 Å². The summed E-state index contributed by atoms with van der Waals surface area (Å²) in [5, 5.41) is 0. The first-order valence-corrected chi connectivity index (χ1v) is 4.72. The highest BCUT2D eigenvalue weighted by atomic mass is 16.5. The summed E-state index contributed by atoms with van der Waals surface area (Å²) in [6.07, 6.45) is 6.71. The van der Waals surface area contributed by atoms with Crippen LogP contribution in [0.4, 0.5) is 0 Å². The fraction of sp³-hybridized carbons (Fsp3) is 1.00. The van der Waals surface area contributed by atoms with Crippen LogP contribution >= 0.6 is 0 Å². The summed E-state index contributed by atoms with van der Waals surface area (Å²) in [6, 6.07) is 0.416. The Morgan fingerprint density at radius 3 is 2.55 bits per heavy atom. The summed E-state index contributed by atoms with van der Waals surface area (Å²) < 4.78 is 5.72. The summed E-state index contributed by atoms with van der Waals surface area (Å²) in [4.78, 5) is 0. The first-order chi connectivity index (χ1) is 5.34. The predicted octanol–water partition coefficient (Wildman–Crippen LogP) is 1.29. The molecule has 0 aromatic rings. The van der Waals surface area contributed by atoms with E-state index in [0.29, 0.717) is 12.1 Å². The van der Waals surface area contributed by atoms with Crippen LogP contribution in [0.15, 0.2) is 0 Å². The summed E-state index contributed by atoms with van der Waals surface area (Å²) in [5.74, 6) is 0.895. The zero-order chi connectivity index (χ0) is 7.68. The van der Waals surface area contributed by atoms with Gasteiger partial charge in [0, 0.05) is 12.6 Å². The van der Waals surface area contributed by atoms with E-state index in [1.165, 1.54) is 19.3 Å². The van der Waals surface area contributed by atoms with E-state index in [0.717, 1.165) is 25.4 Å². The first kappa shape index (κ1) is 7.56. The second kappa shape index (κ2) is 3.11. The van der Waals surface area contributed by atoms with Crippen molar-refractivity contribution in [3.63, 3.8) is 0 Å². The Bertz CT molecular complexity index is 134. The van der Waals surface area contributed by atoms with Crippen molar-refractivity contribution >= 4 is 0 Å². The third-order valence-corrected chi connectivity index (χ3v) is 2.69. The minimum atomic E-state index is 0.416. The van der Waals surface area contributed by atoms with Crippen molar-refractivity contribution in [2.45, 2.75) is 44.2 Å². The van der Waals surface area contributed by atoms with Gasteiger partial charge in [-0.25, -0.2) is 0 Å². The summed E-state index contributed by atoms with van der Waals surface area (Å²) in [5.41, 5.74) is 5.77. The van der Waals surface area contributed by atoms with Crippen LogP contribution in [0.3, 0.4) is 0 Å². The predicted molar refractivity (Wildman–Crippen MR) is 44.3 cm³/mol. The molecule has 2 fully saturated rings. The number of ether oxygens (including phenoxy) is 1. The number of hydrogen-bond acceptors (Lipinski definition) is 2. The standard InChI is InChI=1S/C9H17NO/c10-8-3-4-9(5-8)11-6-7-1-2-7/h7-9H,1-6,10H2. The monoisotopic (exact) mass is 155 g/mol. The van der Waals surface area contributed by atoms with Gasteiger partial charge >= 0.3 is 0 Å². The number of rotatable bonds is 3. The Hall–Kier alpha value is -0.0800. The van der Waals surface area contributed by atoms with Crippen LogP contribution in [-0.2, 0) is 4.74 Å². The molecule has 2 atom stereocenters. The van der Waals surface area contributed by atoms with Crippen LogP contribution in [0.2, 0.25) is 0 Å². The zero-order valence-electron chi connectivity index (χ0n) is 6.96.